The highest BCUT2D eigenvalue weighted by Gasteiger charge is 2.03. The van der Waals surface area contributed by atoms with E-state index in [1.165, 1.54) is 17.2 Å². The number of hydrogen-bond acceptors (Lipinski definition) is 5. The van der Waals surface area contributed by atoms with Gasteiger partial charge >= 0.3 is 6.01 Å². The third-order valence-corrected chi connectivity index (χ3v) is 1.82. The summed E-state index contributed by atoms with van der Waals surface area (Å²) in [6, 6.07) is 3.48. The summed E-state index contributed by atoms with van der Waals surface area (Å²) in [5.41, 5.74) is 5.84. The van der Waals surface area contributed by atoms with Gasteiger partial charge in [0.15, 0.2) is 0 Å². The summed E-state index contributed by atoms with van der Waals surface area (Å²) in [4.78, 5) is 7.86. The molecule has 0 radical (unpaired) electrons. The summed E-state index contributed by atoms with van der Waals surface area (Å²) in [7, 11) is 1.74. The zero-order chi connectivity index (χ0) is 11.5. The lowest BCUT2D eigenvalue weighted by molar-refractivity contribution is 0.422. The van der Waals surface area contributed by atoms with E-state index < -0.39 is 0 Å². The van der Waals surface area contributed by atoms with E-state index in [-0.39, 0.29) is 11.8 Å². The normalized spacial score (nSPS) is 10.1. The number of amidine groups is 1. The first kappa shape index (κ1) is 10.1. The second kappa shape index (κ2) is 3.97. The molecular formula is C9H10N6O. The van der Waals surface area contributed by atoms with E-state index in [1.54, 1.807) is 19.2 Å². The molecule has 2 aromatic heterocycles. The van der Waals surface area contributed by atoms with Crippen molar-refractivity contribution in [2.24, 2.45) is 12.8 Å². The van der Waals surface area contributed by atoms with Gasteiger partial charge in [0.25, 0.3) is 0 Å². The molecule has 0 fully saturated rings. The average Bonchev–Trinajstić information content (AvgIpc) is 2.65. The van der Waals surface area contributed by atoms with Crippen LogP contribution < -0.4 is 10.5 Å². The molecule has 2 rings (SSSR count). The number of rotatable bonds is 3. The number of ether oxygens (including phenoxy) is 1. The summed E-state index contributed by atoms with van der Waals surface area (Å²) in [5, 5.41) is 11.1. The minimum absolute atomic E-state index is 0.0324. The molecular weight excluding hydrogens is 208 g/mol. The van der Waals surface area contributed by atoms with Gasteiger partial charge < -0.3 is 10.5 Å². The highest BCUT2D eigenvalue weighted by atomic mass is 16.5. The van der Waals surface area contributed by atoms with Crippen LogP contribution in [0.4, 0.5) is 0 Å². The van der Waals surface area contributed by atoms with Gasteiger partial charge in [0.2, 0.25) is 5.88 Å². The van der Waals surface area contributed by atoms with Crippen LogP contribution in [0.5, 0.6) is 11.9 Å². The Morgan fingerprint density at radius 2 is 2.25 bits per heavy atom. The largest absolute Gasteiger partial charge is 0.404 e. The summed E-state index contributed by atoms with van der Waals surface area (Å²) < 4.78 is 6.80. The Balaban J connectivity index is 2.14. The summed E-state index contributed by atoms with van der Waals surface area (Å²) in [6.45, 7) is 0. The third kappa shape index (κ3) is 2.14. The zero-order valence-corrected chi connectivity index (χ0v) is 8.58. The highest BCUT2D eigenvalue weighted by molar-refractivity contribution is 5.94. The molecule has 7 nitrogen and oxygen atoms in total. The molecule has 7 heteroatoms. The predicted molar refractivity (Wildman–Crippen MR) is 56.3 cm³/mol. The lowest BCUT2D eigenvalue weighted by Gasteiger charge is -2.00. The van der Waals surface area contributed by atoms with Gasteiger partial charge in [-0.25, -0.2) is 4.98 Å². The van der Waals surface area contributed by atoms with Crippen molar-refractivity contribution in [2.75, 3.05) is 0 Å². The number of pyridine rings is 1. The molecule has 0 atom stereocenters. The number of nitrogens with one attached hydrogen (secondary N) is 1. The van der Waals surface area contributed by atoms with Crippen LogP contribution in [-0.4, -0.2) is 25.6 Å². The smallest absolute Gasteiger partial charge is 0.342 e. The van der Waals surface area contributed by atoms with Crippen molar-refractivity contribution in [3.05, 3.63) is 30.2 Å². The molecule has 0 aromatic carbocycles. The van der Waals surface area contributed by atoms with Crippen LogP contribution in [0.1, 0.15) is 5.56 Å². The molecule has 0 aliphatic rings. The van der Waals surface area contributed by atoms with E-state index in [0.29, 0.717) is 11.4 Å². The Bertz CT molecular complexity index is 503. The number of nitrogen functional groups attached to an aromatic ring is 1. The van der Waals surface area contributed by atoms with Crippen LogP contribution in [0, 0.1) is 5.41 Å². The predicted octanol–water partition coefficient (Wildman–Crippen LogP) is 0.286. The molecule has 3 N–H and O–H groups in total. The quantitative estimate of drug-likeness (QED) is 0.569. The van der Waals surface area contributed by atoms with Crippen LogP contribution in [0.15, 0.2) is 24.7 Å². The molecule has 0 spiro atoms. The zero-order valence-electron chi connectivity index (χ0n) is 8.58. The Morgan fingerprint density at radius 3 is 2.75 bits per heavy atom. The highest BCUT2D eigenvalue weighted by Crippen LogP contribution is 2.13. The third-order valence-electron chi connectivity index (χ3n) is 1.82. The lowest BCUT2D eigenvalue weighted by Crippen LogP contribution is -2.11. The molecule has 0 amide bonds. The van der Waals surface area contributed by atoms with Gasteiger partial charge in [0.05, 0.1) is 0 Å². The molecule has 0 bridgehead atoms. The molecule has 0 aliphatic carbocycles. The fourth-order valence-corrected chi connectivity index (χ4v) is 1.06. The van der Waals surface area contributed by atoms with E-state index in [1.807, 2.05) is 0 Å². The number of aromatic nitrogens is 4. The Kier molecular flexibility index (Phi) is 2.50. The molecule has 2 aromatic rings. The first-order valence-electron chi connectivity index (χ1n) is 4.49. The molecule has 16 heavy (non-hydrogen) atoms. The van der Waals surface area contributed by atoms with Gasteiger partial charge in [0, 0.05) is 24.9 Å². The maximum Gasteiger partial charge on any atom is 0.342 e. The monoisotopic (exact) mass is 218 g/mol. The molecule has 2 heterocycles. The Morgan fingerprint density at radius 1 is 1.44 bits per heavy atom. The van der Waals surface area contributed by atoms with Crippen molar-refractivity contribution in [3.8, 4) is 11.9 Å². The minimum atomic E-state index is -0.0324. The van der Waals surface area contributed by atoms with E-state index in [2.05, 4.69) is 15.1 Å². The van der Waals surface area contributed by atoms with E-state index in [9.17, 15) is 0 Å². The summed E-state index contributed by atoms with van der Waals surface area (Å²) >= 11 is 0. The number of nitrogens with two attached hydrogens (primary N) is 1. The maximum absolute atomic E-state index is 7.20. The van der Waals surface area contributed by atoms with Crippen LogP contribution in [0.3, 0.4) is 0 Å². The molecule has 0 aliphatic heterocycles. The topological polar surface area (TPSA) is 103 Å². The average molecular weight is 218 g/mol. The fourth-order valence-electron chi connectivity index (χ4n) is 1.06. The van der Waals surface area contributed by atoms with E-state index >= 15 is 0 Å². The SMILES string of the molecule is Cn1cnc(Oc2ccc(C(=N)N)cn2)n1. The number of hydrogen-bond donors (Lipinski definition) is 2. The second-order valence-corrected chi connectivity index (χ2v) is 3.10. The Hall–Kier alpha value is -2.44. The van der Waals surface area contributed by atoms with Gasteiger partial charge in [-0.3, -0.25) is 10.1 Å². The van der Waals surface area contributed by atoms with Gasteiger partial charge in [0.1, 0.15) is 12.2 Å². The first-order valence-corrected chi connectivity index (χ1v) is 4.49. The minimum Gasteiger partial charge on any atom is -0.404 e. The van der Waals surface area contributed by atoms with Crippen molar-refractivity contribution in [3.63, 3.8) is 0 Å². The first-order chi connectivity index (χ1) is 7.65. The molecule has 0 saturated carbocycles. The van der Waals surface area contributed by atoms with Gasteiger partial charge in [-0.2, -0.15) is 4.98 Å². The van der Waals surface area contributed by atoms with Gasteiger partial charge in [-0.1, -0.05) is 0 Å². The van der Waals surface area contributed by atoms with Crippen molar-refractivity contribution in [1.29, 1.82) is 5.41 Å². The summed E-state index contributed by atoms with van der Waals surface area (Å²) in [6.07, 6.45) is 2.99. The Labute approximate surface area is 91.4 Å². The van der Waals surface area contributed by atoms with Crippen molar-refractivity contribution in [1.82, 2.24) is 19.7 Å². The molecule has 0 unspecified atom stereocenters. The van der Waals surface area contributed by atoms with Gasteiger partial charge in [-0.15, -0.1) is 5.10 Å². The lowest BCUT2D eigenvalue weighted by atomic mass is 10.3. The fraction of sp³-hybridized carbons (Fsp3) is 0.111. The van der Waals surface area contributed by atoms with Crippen LogP contribution in [0.2, 0.25) is 0 Å². The second-order valence-electron chi connectivity index (χ2n) is 3.10. The maximum atomic E-state index is 7.20. The van der Waals surface area contributed by atoms with Crippen LogP contribution in [0.25, 0.3) is 0 Å². The summed E-state index contributed by atoms with van der Waals surface area (Å²) in [5.74, 6) is 0.325. The van der Waals surface area contributed by atoms with Gasteiger partial charge in [-0.05, 0) is 6.07 Å². The van der Waals surface area contributed by atoms with E-state index in [4.69, 9.17) is 15.9 Å². The number of nitrogens with zero attached hydrogens (tertiary/aromatic N) is 4. The standard InChI is InChI=1S/C9H10N6O/c1-15-5-13-9(14-15)16-7-3-2-6(4-12-7)8(10)11/h2-5H,1H3,(H3,10,11). The van der Waals surface area contributed by atoms with Crippen molar-refractivity contribution >= 4 is 5.84 Å². The molecule has 82 valence electrons. The number of aryl methyl sites for hydroxylation is 1. The van der Waals surface area contributed by atoms with Crippen molar-refractivity contribution < 1.29 is 4.74 Å². The van der Waals surface area contributed by atoms with Crippen LogP contribution >= 0.6 is 0 Å². The molecule has 0 saturated heterocycles. The van der Waals surface area contributed by atoms with Crippen LogP contribution in [-0.2, 0) is 7.05 Å². The van der Waals surface area contributed by atoms with E-state index in [0.717, 1.165) is 0 Å². The van der Waals surface area contributed by atoms with Crippen molar-refractivity contribution in [2.45, 2.75) is 0 Å².